The first-order valence-electron chi connectivity index (χ1n) is 12.9. The number of hydrogen-bond acceptors (Lipinski definition) is 7. The van der Waals surface area contributed by atoms with E-state index in [1.165, 1.54) is 4.88 Å². The van der Waals surface area contributed by atoms with Gasteiger partial charge >= 0.3 is 0 Å². The number of aryl methyl sites for hydroxylation is 3. The highest BCUT2D eigenvalue weighted by molar-refractivity contribution is 7.15. The van der Waals surface area contributed by atoms with Crippen LogP contribution in [-0.4, -0.2) is 44.1 Å². The number of rotatable bonds is 8. The van der Waals surface area contributed by atoms with Crippen LogP contribution in [0.3, 0.4) is 0 Å². The monoisotopic (exact) mass is 562 g/mol. The van der Waals surface area contributed by atoms with E-state index in [9.17, 15) is 4.79 Å². The normalized spacial score (nSPS) is 15.2. The first kappa shape index (κ1) is 27.2. The van der Waals surface area contributed by atoms with Crippen molar-refractivity contribution >= 4 is 40.2 Å². The summed E-state index contributed by atoms with van der Waals surface area (Å²) >= 11 is 7.87. The van der Waals surface area contributed by atoms with Crippen molar-refractivity contribution in [2.24, 2.45) is 10.7 Å². The van der Waals surface area contributed by atoms with Crippen molar-refractivity contribution < 1.29 is 9.90 Å². The van der Waals surface area contributed by atoms with Gasteiger partial charge in [-0.25, -0.2) is 0 Å². The Morgan fingerprint density at radius 3 is 2.54 bits per heavy atom. The summed E-state index contributed by atoms with van der Waals surface area (Å²) in [5.41, 5.74) is 11.5. The largest absolute Gasteiger partial charge is 0.395 e. The molecule has 0 saturated heterocycles. The van der Waals surface area contributed by atoms with Gasteiger partial charge in [0.05, 0.1) is 18.7 Å². The van der Waals surface area contributed by atoms with Crippen LogP contribution in [0.4, 0.5) is 5.69 Å². The Hall–Kier alpha value is -3.37. The molecule has 1 aliphatic rings. The highest BCUT2D eigenvalue weighted by Crippen LogP contribution is 2.39. The van der Waals surface area contributed by atoms with E-state index >= 15 is 0 Å². The Morgan fingerprint density at radius 1 is 1.13 bits per heavy atom. The van der Waals surface area contributed by atoms with Crippen molar-refractivity contribution in [3.63, 3.8) is 0 Å². The molecule has 8 nitrogen and oxygen atoms in total. The van der Waals surface area contributed by atoms with Crippen LogP contribution in [0.1, 0.15) is 57.7 Å². The smallest absolute Gasteiger partial charge is 0.227 e. The van der Waals surface area contributed by atoms with Gasteiger partial charge in [0.1, 0.15) is 16.9 Å². The second kappa shape index (κ2) is 11.4. The molecule has 3 heterocycles. The molecule has 4 aromatic rings. The van der Waals surface area contributed by atoms with Crippen LogP contribution < -0.4 is 11.1 Å². The Bertz CT molecular complexity index is 1520. The number of halogens is 1. The summed E-state index contributed by atoms with van der Waals surface area (Å²) in [4.78, 5) is 19.6. The van der Waals surface area contributed by atoms with Crippen LogP contribution in [-0.2, 0) is 11.2 Å². The van der Waals surface area contributed by atoms with E-state index in [-0.39, 0.29) is 25.0 Å². The Balaban J connectivity index is 1.45. The predicted molar refractivity (Wildman–Crippen MR) is 156 cm³/mol. The number of carbonyl (C=O) groups excluding carboxylic acids is 1. The third-order valence-corrected chi connectivity index (χ3v) is 8.46. The Morgan fingerprint density at radius 2 is 1.85 bits per heavy atom. The lowest BCUT2D eigenvalue weighted by Gasteiger charge is -2.13. The van der Waals surface area contributed by atoms with Crippen LogP contribution in [0.2, 0.25) is 5.02 Å². The fourth-order valence-electron chi connectivity index (χ4n) is 4.72. The van der Waals surface area contributed by atoms with Crippen molar-refractivity contribution in [2.75, 3.05) is 11.9 Å². The maximum atomic E-state index is 13.3. The maximum Gasteiger partial charge on any atom is 0.227 e. The van der Waals surface area contributed by atoms with Gasteiger partial charge in [0.15, 0.2) is 5.82 Å². The standard InChI is InChI=1S/C29H31ClN6O2S/c1-16-17(2)39-29-26(16)27(20-7-9-21(30)10-8-20)33-24(28-35-34-18(3)36(28)29)14-25(38)32-23-12-5-19(6-13-23)4-11-22(31)15-37/h5-10,12-13,22,24,37H,4,11,14-15,31H2,1-3H3,(H,32,38)/t22?,24-/m0/s1. The van der Waals surface area contributed by atoms with E-state index in [1.807, 2.05) is 60.0 Å². The predicted octanol–water partition coefficient (Wildman–Crippen LogP) is 5.08. The van der Waals surface area contributed by atoms with E-state index in [0.29, 0.717) is 23.0 Å². The summed E-state index contributed by atoms with van der Waals surface area (Å²) in [6.45, 7) is 6.09. The van der Waals surface area contributed by atoms with Crippen LogP contribution in [0, 0.1) is 20.8 Å². The highest BCUT2D eigenvalue weighted by Gasteiger charge is 2.32. The van der Waals surface area contributed by atoms with Crippen molar-refractivity contribution in [1.29, 1.82) is 0 Å². The quantitative estimate of drug-likeness (QED) is 0.277. The maximum absolute atomic E-state index is 13.3. The van der Waals surface area contributed by atoms with Gasteiger partial charge in [-0.3, -0.25) is 14.4 Å². The summed E-state index contributed by atoms with van der Waals surface area (Å²) in [6, 6.07) is 14.6. The number of amides is 1. The van der Waals surface area contributed by atoms with E-state index in [4.69, 9.17) is 27.4 Å². The van der Waals surface area contributed by atoms with E-state index < -0.39 is 6.04 Å². The number of thiophene rings is 1. The molecule has 1 unspecified atom stereocenters. The Labute approximate surface area is 236 Å². The number of aliphatic imine (C=N–C) groups is 1. The zero-order chi connectivity index (χ0) is 27.7. The fraction of sp³-hybridized carbons (Fsp3) is 0.310. The molecule has 1 amide bonds. The van der Waals surface area contributed by atoms with E-state index in [0.717, 1.165) is 45.2 Å². The van der Waals surface area contributed by atoms with Crippen LogP contribution in [0.25, 0.3) is 5.00 Å². The minimum absolute atomic E-state index is 0.0303. The van der Waals surface area contributed by atoms with E-state index in [1.54, 1.807) is 11.3 Å². The van der Waals surface area contributed by atoms with Crippen molar-refractivity contribution in [2.45, 2.75) is 52.1 Å². The van der Waals surface area contributed by atoms with Gasteiger partial charge in [0.2, 0.25) is 5.91 Å². The van der Waals surface area contributed by atoms with Crippen LogP contribution in [0.15, 0.2) is 53.5 Å². The van der Waals surface area contributed by atoms with Crippen molar-refractivity contribution in [3.05, 3.63) is 92.3 Å². The number of aliphatic hydroxyl groups excluding tert-OH is 1. The van der Waals surface area contributed by atoms with Crippen LogP contribution in [0.5, 0.6) is 0 Å². The first-order valence-corrected chi connectivity index (χ1v) is 14.1. The molecule has 2 aromatic heterocycles. The summed E-state index contributed by atoms with van der Waals surface area (Å²) < 4.78 is 2.04. The zero-order valence-electron chi connectivity index (χ0n) is 22.1. The summed E-state index contributed by atoms with van der Waals surface area (Å²) in [5.74, 6) is 1.23. The Kier molecular flexibility index (Phi) is 7.95. The molecule has 4 N–H and O–H groups in total. The number of nitrogens with two attached hydrogens (primary N) is 1. The third kappa shape index (κ3) is 5.67. The average molecular weight is 563 g/mol. The average Bonchev–Trinajstić information content (AvgIpc) is 3.40. The first-order chi connectivity index (χ1) is 18.7. The van der Waals surface area contributed by atoms with Crippen molar-refractivity contribution in [3.8, 4) is 5.00 Å². The van der Waals surface area contributed by atoms with Gasteiger partial charge in [-0.2, -0.15) is 0 Å². The summed E-state index contributed by atoms with van der Waals surface area (Å²) in [5, 5.41) is 22.6. The number of carbonyl (C=O) groups is 1. The van der Waals surface area contributed by atoms with Crippen LogP contribution >= 0.6 is 22.9 Å². The molecule has 2 atom stereocenters. The van der Waals surface area contributed by atoms with Crippen molar-refractivity contribution in [1.82, 2.24) is 14.8 Å². The van der Waals surface area contributed by atoms with Gasteiger partial charge in [-0.1, -0.05) is 35.9 Å². The lowest BCUT2D eigenvalue weighted by molar-refractivity contribution is -0.116. The number of anilines is 1. The second-order valence-electron chi connectivity index (χ2n) is 9.84. The van der Waals surface area contributed by atoms with Gasteiger partial charge in [0.25, 0.3) is 0 Å². The van der Waals surface area contributed by atoms with Gasteiger partial charge in [-0.15, -0.1) is 21.5 Å². The number of nitrogens with zero attached hydrogens (tertiary/aromatic N) is 4. The molecule has 1 aliphatic heterocycles. The highest BCUT2D eigenvalue weighted by atomic mass is 35.5. The minimum Gasteiger partial charge on any atom is -0.395 e. The molecular formula is C29H31ClN6O2S. The van der Waals surface area contributed by atoms with E-state index in [2.05, 4.69) is 29.4 Å². The van der Waals surface area contributed by atoms with Gasteiger partial charge in [-0.05, 0) is 69.0 Å². The molecule has 0 spiro atoms. The lowest BCUT2D eigenvalue weighted by Crippen LogP contribution is -2.24. The zero-order valence-corrected chi connectivity index (χ0v) is 23.7. The molecule has 0 bridgehead atoms. The number of aromatic nitrogens is 3. The second-order valence-corrected chi connectivity index (χ2v) is 11.5. The molecular weight excluding hydrogens is 532 g/mol. The topological polar surface area (TPSA) is 118 Å². The number of nitrogens with one attached hydrogen (secondary N) is 1. The number of aliphatic hydroxyl groups is 1. The molecule has 2 aromatic carbocycles. The van der Waals surface area contributed by atoms with Gasteiger partial charge < -0.3 is 16.2 Å². The SMILES string of the molecule is Cc1sc2c(c1C)C(c1ccc(Cl)cc1)=N[C@@H](CC(=O)Nc1ccc(CCC(N)CO)cc1)c1nnc(C)n1-2. The lowest BCUT2D eigenvalue weighted by atomic mass is 9.99. The molecule has 0 saturated carbocycles. The molecule has 0 aliphatic carbocycles. The minimum atomic E-state index is -0.532. The third-order valence-electron chi connectivity index (χ3n) is 7.01. The molecule has 5 rings (SSSR count). The summed E-state index contributed by atoms with van der Waals surface area (Å²) in [6.07, 6.45) is 1.57. The molecule has 39 heavy (non-hydrogen) atoms. The molecule has 202 valence electrons. The molecule has 10 heteroatoms. The summed E-state index contributed by atoms with van der Waals surface area (Å²) in [7, 11) is 0. The number of benzene rings is 2. The number of hydrogen-bond donors (Lipinski definition) is 3. The molecule has 0 radical (unpaired) electrons. The fourth-order valence-corrected chi connectivity index (χ4v) is 6.06. The number of fused-ring (bicyclic) bond motifs is 3. The van der Waals surface area contributed by atoms with Gasteiger partial charge in [0, 0.05) is 32.8 Å². The molecule has 0 fully saturated rings.